The van der Waals surface area contributed by atoms with Gasteiger partial charge in [-0.15, -0.1) is 11.8 Å². The van der Waals surface area contributed by atoms with Crippen LogP contribution in [0.5, 0.6) is 0 Å². The van der Waals surface area contributed by atoms with E-state index in [4.69, 9.17) is 4.74 Å². The van der Waals surface area contributed by atoms with Crippen LogP contribution in [0.1, 0.15) is 12.5 Å². The van der Waals surface area contributed by atoms with Gasteiger partial charge < -0.3 is 19.1 Å². The zero-order valence-electron chi connectivity index (χ0n) is 17.7. The lowest BCUT2D eigenvalue weighted by Crippen LogP contribution is -2.51. The second-order valence-corrected chi connectivity index (χ2v) is 8.50. The third-order valence-electron chi connectivity index (χ3n) is 5.46. The van der Waals surface area contributed by atoms with Crippen LogP contribution < -0.4 is 0 Å². The monoisotopic (exact) mass is 437 g/mol. The number of ether oxygens (including phenoxy) is 1. The zero-order chi connectivity index (χ0) is 21.6. The highest BCUT2D eigenvalue weighted by Gasteiger charge is 2.25. The first-order valence-electron chi connectivity index (χ1n) is 10.6. The Morgan fingerprint density at radius 3 is 2.35 bits per heavy atom. The first-order valence-corrected chi connectivity index (χ1v) is 11.6. The Morgan fingerprint density at radius 2 is 1.61 bits per heavy atom. The summed E-state index contributed by atoms with van der Waals surface area (Å²) in [4.78, 5) is 29.2. The Morgan fingerprint density at radius 1 is 0.935 bits per heavy atom. The molecule has 1 saturated heterocycles. The van der Waals surface area contributed by atoms with E-state index in [1.807, 2.05) is 23.1 Å². The average Bonchev–Trinajstić information content (AvgIpc) is 3.16. The quantitative estimate of drug-likeness (QED) is 0.545. The first-order chi connectivity index (χ1) is 15.2. The summed E-state index contributed by atoms with van der Waals surface area (Å²) in [6, 6.07) is 18.7. The van der Waals surface area contributed by atoms with Crippen molar-refractivity contribution in [1.82, 2.24) is 14.4 Å². The Labute approximate surface area is 186 Å². The van der Waals surface area contributed by atoms with Crippen molar-refractivity contribution >= 4 is 34.7 Å². The van der Waals surface area contributed by atoms with Crippen LogP contribution in [0, 0.1) is 0 Å². The van der Waals surface area contributed by atoms with Gasteiger partial charge in [0.05, 0.1) is 12.4 Å². The molecule has 1 fully saturated rings. The third kappa shape index (κ3) is 5.05. The number of fused-ring (bicyclic) bond motifs is 1. The maximum Gasteiger partial charge on any atom is 0.409 e. The van der Waals surface area contributed by atoms with Gasteiger partial charge in [-0.05, 0) is 18.6 Å². The van der Waals surface area contributed by atoms with Gasteiger partial charge in [-0.2, -0.15) is 0 Å². The number of aromatic nitrogens is 1. The molecule has 0 atom stereocenters. The zero-order valence-corrected chi connectivity index (χ0v) is 18.5. The Bertz CT molecular complexity index is 1040. The lowest BCUT2D eigenvalue weighted by Gasteiger charge is -2.34. The molecule has 7 heteroatoms. The maximum absolute atomic E-state index is 12.8. The maximum atomic E-state index is 12.8. The summed E-state index contributed by atoms with van der Waals surface area (Å²) in [5.41, 5.74) is 2.42. The van der Waals surface area contributed by atoms with Crippen molar-refractivity contribution < 1.29 is 14.3 Å². The molecule has 162 valence electrons. The fraction of sp³-hybridized carbons (Fsp3) is 0.333. The van der Waals surface area contributed by atoms with E-state index in [-0.39, 0.29) is 12.0 Å². The van der Waals surface area contributed by atoms with Crippen molar-refractivity contribution in [1.29, 1.82) is 0 Å². The summed E-state index contributed by atoms with van der Waals surface area (Å²) >= 11 is 1.58. The van der Waals surface area contributed by atoms with Crippen LogP contribution in [0.3, 0.4) is 0 Å². The van der Waals surface area contributed by atoms with E-state index >= 15 is 0 Å². The van der Waals surface area contributed by atoms with Gasteiger partial charge in [0.25, 0.3) is 0 Å². The first kappa shape index (κ1) is 21.3. The summed E-state index contributed by atoms with van der Waals surface area (Å²) in [5, 5.41) is 1.17. The fourth-order valence-electron chi connectivity index (χ4n) is 3.82. The number of hydrogen-bond acceptors (Lipinski definition) is 4. The van der Waals surface area contributed by atoms with E-state index in [9.17, 15) is 9.59 Å². The number of thioether (sulfide) groups is 1. The number of para-hydroxylation sites is 1. The van der Waals surface area contributed by atoms with Crippen molar-refractivity contribution in [3.63, 3.8) is 0 Å². The Kier molecular flexibility index (Phi) is 6.82. The highest BCUT2D eigenvalue weighted by atomic mass is 32.2. The summed E-state index contributed by atoms with van der Waals surface area (Å²) in [6.07, 6.45) is 1.85. The van der Waals surface area contributed by atoms with Crippen LogP contribution in [0.4, 0.5) is 4.79 Å². The average molecular weight is 438 g/mol. The SMILES string of the molecule is CCOC(=O)N1CCN(C(=O)CSc2cn(Cc3ccccc3)c3ccccc23)CC1. The number of amides is 2. The van der Waals surface area contributed by atoms with Gasteiger partial charge in [-0.1, -0.05) is 48.5 Å². The molecule has 0 saturated carbocycles. The van der Waals surface area contributed by atoms with Gasteiger partial charge in [0.1, 0.15) is 0 Å². The Hall–Kier alpha value is -2.93. The van der Waals surface area contributed by atoms with Gasteiger partial charge in [-0.25, -0.2) is 4.79 Å². The van der Waals surface area contributed by atoms with Gasteiger partial charge in [-0.3, -0.25) is 4.79 Å². The third-order valence-corrected chi connectivity index (χ3v) is 6.48. The molecule has 4 rings (SSSR count). The van der Waals surface area contributed by atoms with Crippen molar-refractivity contribution in [3.8, 4) is 0 Å². The molecular weight excluding hydrogens is 410 g/mol. The molecule has 1 aliphatic heterocycles. The highest BCUT2D eigenvalue weighted by molar-refractivity contribution is 8.00. The largest absolute Gasteiger partial charge is 0.450 e. The minimum atomic E-state index is -0.296. The van der Waals surface area contributed by atoms with Crippen molar-refractivity contribution in [3.05, 3.63) is 66.4 Å². The van der Waals surface area contributed by atoms with Crippen LogP contribution in [0.15, 0.2) is 65.7 Å². The smallest absolute Gasteiger partial charge is 0.409 e. The lowest BCUT2D eigenvalue weighted by atomic mass is 10.2. The van der Waals surface area contributed by atoms with Crippen LogP contribution in [0.25, 0.3) is 10.9 Å². The second-order valence-electron chi connectivity index (χ2n) is 7.48. The van der Waals surface area contributed by atoms with Crippen LogP contribution >= 0.6 is 11.8 Å². The number of piperazine rings is 1. The fourth-order valence-corrected chi connectivity index (χ4v) is 4.81. The molecule has 2 heterocycles. The molecule has 0 radical (unpaired) electrons. The van der Waals surface area contributed by atoms with Gasteiger partial charge in [0.15, 0.2) is 0 Å². The predicted molar refractivity (Wildman–Crippen MR) is 123 cm³/mol. The molecule has 31 heavy (non-hydrogen) atoms. The number of hydrogen-bond donors (Lipinski definition) is 0. The van der Waals surface area contributed by atoms with E-state index in [2.05, 4.69) is 47.2 Å². The Balaban J connectivity index is 1.39. The summed E-state index contributed by atoms with van der Waals surface area (Å²) in [7, 11) is 0. The normalized spacial score (nSPS) is 14.1. The molecule has 0 aliphatic carbocycles. The highest BCUT2D eigenvalue weighted by Crippen LogP contribution is 2.30. The van der Waals surface area contributed by atoms with Crippen molar-refractivity contribution in [2.24, 2.45) is 0 Å². The lowest BCUT2D eigenvalue weighted by molar-refractivity contribution is -0.129. The standard InChI is InChI=1S/C24H27N3O3S/c1-2-30-24(29)26-14-12-25(13-15-26)23(28)18-31-22-17-27(16-19-8-4-3-5-9-19)21-11-7-6-10-20(21)22/h3-11,17H,2,12-16,18H2,1H3. The minimum absolute atomic E-state index is 0.105. The molecular formula is C24H27N3O3S. The van der Waals surface area contributed by atoms with E-state index in [0.717, 1.165) is 11.4 Å². The number of rotatable bonds is 6. The van der Waals surface area contributed by atoms with Crippen LogP contribution in [-0.4, -0.2) is 64.9 Å². The molecule has 0 spiro atoms. The molecule has 0 bridgehead atoms. The molecule has 2 aromatic carbocycles. The topological polar surface area (TPSA) is 54.8 Å². The molecule has 6 nitrogen and oxygen atoms in total. The van der Waals surface area contributed by atoms with E-state index < -0.39 is 0 Å². The number of carbonyl (C=O) groups excluding carboxylic acids is 2. The van der Waals surface area contributed by atoms with Crippen molar-refractivity contribution in [2.45, 2.75) is 18.4 Å². The minimum Gasteiger partial charge on any atom is -0.450 e. The van der Waals surface area contributed by atoms with E-state index in [1.165, 1.54) is 16.5 Å². The molecule has 1 aliphatic rings. The van der Waals surface area contributed by atoms with Crippen molar-refractivity contribution in [2.75, 3.05) is 38.5 Å². The molecule has 0 N–H and O–H groups in total. The van der Waals surface area contributed by atoms with Gasteiger partial charge in [0.2, 0.25) is 5.91 Å². The van der Waals surface area contributed by atoms with Crippen LogP contribution in [0.2, 0.25) is 0 Å². The molecule has 2 amide bonds. The molecule has 0 unspecified atom stereocenters. The molecule has 1 aromatic heterocycles. The van der Waals surface area contributed by atoms with Gasteiger partial charge in [0, 0.05) is 54.7 Å². The number of nitrogens with zero attached hydrogens (tertiary/aromatic N) is 3. The van der Waals surface area contributed by atoms with E-state index in [0.29, 0.717) is 38.5 Å². The number of carbonyl (C=O) groups is 2. The second kappa shape index (κ2) is 9.92. The summed E-state index contributed by atoms with van der Waals surface area (Å²) in [5.74, 6) is 0.493. The van der Waals surface area contributed by atoms with Crippen LogP contribution in [-0.2, 0) is 16.1 Å². The molecule has 3 aromatic rings. The summed E-state index contributed by atoms with van der Waals surface area (Å²) in [6.45, 7) is 5.10. The van der Waals surface area contributed by atoms with E-state index in [1.54, 1.807) is 23.6 Å². The number of benzene rings is 2. The van der Waals surface area contributed by atoms with Gasteiger partial charge >= 0.3 is 6.09 Å². The summed E-state index contributed by atoms with van der Waals surface area (Å²) < 4.78 is 7.29. The predicted octanol–water partition coefficient (Wildman–Crippen LogP) is 4.08.